The number of hydrogen-bond donors (Lipinski definition) is 2. The van der Waals surface area contributed by atoms with Crippen LogP contribution in [-0.4, -0.2) is 31.2 Å². The fourth-order valence-corrected chi connectivity index (χ4v) is 5.07. The monoisotopic (exact) mass is 593 g/mol. The number of nitrogens with one attached hydrogen (secondary N) is 2. The average Bonchev–Trinajstić information content (AvgIpc) is 2.73. The third-order valence-electron chi connectivity index (χ3n) is 4.95. The predicted molar refractivity (Wildman–Crippen MR) is 130 cm³/mol. The molecule has 1 amide bonds. The number of rotatable bonds is 4. The number of benzene rings is 2. The first-order valence-electron chi connectivity index (χ1n) is 9.71. The van der Waals surface area contributed by atoms with Crippen molar-refractivity contribution in [1.82, 2.24) is 5.32 Å². The average molecular weight is 595 g/mol. The van der Waals surface area contributed by atoms with Crippen molar-refractivity contribution in [2.24, 2.45) is 0 Å². The SMILES string of the molecule is COc1c(Br)cc(Br)cc1C(=O)NC(=S)Nc1cc(C(F)(F)F)ccc1N1CCCCC1. The van der Waals surface area contributed by atoms with Gasteiger partial charge in [0.15, 0.2) is 5.11 Å². The van der Waals surface area contributed by atoms with Gasteiger partial charge in [0.05, 0.1) is 34.1 Å². The van der Waals surface area contributed by atoms with Crippen LogP contribution in [0.1, 0.15) is 35.2 Å². The number of piperidine rings is 1. The minimum atomic E-state index is -4.50. The second-order valence-electron chi connectivity index (χ2n) is 7.15. The zero-order valence-corrected chi connectivity index (χ0v) is 21.0. The first-order valence-corrected chi connectivity index (χ1v) is 11.7. The van der Waals surface area contributed by atoms with Gasteiger partial charge < -0.3 is 15.0 Å². The molecule has 0 bridgehead atoms. The number of nitrogens with zero attached hydrogens (tertiary/aromatic N) is 1. The van der Waals surface area contributed by atoms with Crippen LogP contribution in [0.15, 0.2) is 39.3 Å². The molecule has 3 rings (SSSR count). The van der Waals surface area contributed by atoms with E-state index < -0.39 is 17.6 Å². The van der Waals surface area contributed by atoms with E-state index in [-0.39, 0.29) is 16.4 Å². The summed E-state index contributed by atoms with van der Waals surface area (Å²) in [7, 11) is 1.43. The lowest BCUT2D eigenvalue weighted by Gasteiger charge is -2.31. The van der Waals surface area contributed by atoms with Crippen LogP contribution in [0.5, 0.6) is 5.75 Å². The molecular formula is C21H20Br2F3N3O2S. The van der Waals surface area contributed by atoms with Crippen molar-refractivity contribution >= 4 is 66.5 Å². The van der Waals surface area contributed by atoms with Gasteiger partial charge in [-0.3, -0.25) is 10.1 Å². The molecule has 32 heavy (non-hydrogen) atoms. The smallest absolute Gasteiger partial charge is 0.416 e. The highest BCUT2D eigenvalue weighted by atomic mass is 79.9. The van der Waals surface area contributed by atoms with E-state index in [0.29, 0.717) is 20.4 Å². The quantitative estimate of drug-likeness (QED) is 0.404. The minimum Gasteiger partial charge on any atom is -0.495 e. The third kappa shape index (κ3) is 5.93. The van der Waals surface area contributed by atoms with Gasteiger partial charge in [-0.2, -0.15) is 13.2 Å². The van der Waals surface area contributed by atoms with Gasteiger partial charge in [0.25, 0.3) is 5.91 Å². The zero-order valence-electron chi connectivity index (χ0n) is 17.0. The number of ether oxygens (including phenoxy) is 1. The van der Waals surface area contributed by atoms with E-state index in [2.05, 4.69) is 42.5 Å². The van der Waals surface area contributed by atoms with Crippen LogP contribution in [0.2, 0.25) is 0 Å². The van der Waals surface area contributed by atoms with E-state index in [0.717, 1.165) is 44.5 Å². The number of anilines is 2. The molecule has 0 saturated carbocycles. The first kappa shape index (κ1) is 24.8. The maximum Gasteiger partial charge on any atom is 0.416 e. The molecule has 0 radical (unpaired) electrons. The number of amides is 1. The highest BCUT2D eigenvalue weighted by Gasteiger charge is 2.32. The van der Waals surface area contributed by atoms with Crippen LogP contribution in [0.25, 0.3) is 0 Å². The summed E-state index contributed by atoms with van der Waals surface area (Å²) < 4.78 is 46.4. The van der Waals surface area contributed by atoms with E-state index in [1.165, 1.54) is 13.2 Å². The lowest BCUT2D eigenvalue weighted by molar-refractivity contribution is -0.137. The van der Waals surface area contributed by atoms with Crippen LogP contribution < -0.4 is 20.3 Å². The summed E-state index contributed by atoms with van der Waals surface area (Å²) in [5, 5.41) is 5.18. The Balaban J connectivity index is 1.85. The van der Waals surface area contributed by atoms with Gasteiger partial charge in [0.2, 0.25) is 0 Å². The Bertz CT molecular complexity index is 1030. The molecule has 1 heterocycles. The molecule has 2 aromatic rings. The van der Waals surface area contributed by atoms with Crippen LogP contribution in [0, 0.1) is 0 Å². The van der Waals surface area contributed by atoms with Gasteiger partial charge >= 0.3 is 6.18 Å². The molecule has 5 nitrogen and oxygen atoms in total. The number of halogens is 5. The Morgan fingerprint density at radius 3 is 2.44 bits per heavy atom. The van der Waals surface area contributed by atoms with Crippen molar-refractivity contribution in [2.75, 3.05) is 30.4 Å². The number of methoxy groups -OCH3 is 1. The number of carbonyl (C=O) groups is 1. The van der Waals surface area contributed by atoms with Gasteiger partial charge in [-0.25, -0.2) is 0 Å². The zero-order chi connectivity index (χ0) is 23.5. The van der Waals surface area contributed by atoms with Crippen LogP contribution >= 0.6 is 44.1 Å². The van der Waals surface area contributed by atoms with Gasteiger partial charge in [0, 0.05) is 17.6 Å². The Morgan fingerprint density at radius 2 is 1.81 bits per heavy atom. The topological polar surface area (TPSA) is 53.6 Å². The van der Waals surface area contributed by atoms with E-state index in [9.17, 15) is 18.0 Å². The number of hydrogen-bond acceptors (Lipinski definition) is 4. The summed E-state index contributed by atoms with van der Waals surface area (Å²) in [6, 6.07) is 6.79. The lowest BCUT2D eigenvalue weighted by Crippen LogP contribution is -2.36. The van der Waals surface area contributed by atoms with Crippen molar-refractivity contribution in [1.29, 1.82) is 0 Å². The Hall–Kier alpha value is -1.85. The predicted octanol–water partition coefficient (Wildman–Crippen LogP) is 6.36. The summed E-state index contributed by atoms with van der Waals surface area (Å²) in [4.78, 5) is 14.8. The first-order chi connectivity index (χ1) is 15.1. The molecule has 11 heteroatoms. The second kappa shape index (κ2) is 10.4. The fraction of sp³-hybridized carbons (Fsp3) is 0.333. The normalized spacial score (nSPS) is 14.1. The summed E-state index contributed by atoms with van der Waals surface area (Å²) >= 11 is 11.9. The molecule has 2 aromatic carbocycles. The maximum absolute atomic E-state index is 13.3. The van der Waals surface area contributed by atoms with Crippen LogP contribution in [0.4, 0.5) is 24.5 Å². The molecule has 1 aliphatic heterocycles. The lowest BCUT2D eigenvalue weighted by atomic mass is 10.1. The van der Waals surface area contributed by atoms with Crippen molar-refractivity contribution in [3.8, 4) is 5.75 Å². The van der Waals surface area contributed by atoms with Crippen molar-refractivity contribution in [3.63, 3.8) is 0 Å². The summed E-state index contributed by atoms with van der Waals surface area (Å²) in [6.45, 7) is 1.48. The van der Waals surface area contributed by atoms with Gasteiger partial charge in [0.1, 0.15) is 5.75 Å². The highest BCUT2D eigenvalue weighted by Crippen LogP contribution is 2.36. The van der Waals surface area contributed by atoms with Crippen molar-refractivity contribution in [2.45, 2.75) is 25.4 Å². The Kier molecular flexibility index (Phi) is 8.05. The molecule has 0 unspecified atom stereocenters. The van der Waals surface area contributed by atoms with E-state index in [1.807, 2.05) is 4.90 Å². The molecule has 0 aromatic heterocycles. The standard InChI is InChI=1S/C21H20Br2F3N3O2S/c1-31-18-14(10-13(22)11-15(18)23)19(30)28-20(32)27-16-9-12(21(24,25)26)5-6-17(16)29-7-3-2-4-8-29/h5-6,9-11H,2-4,7-8H2,1H3,(H2,27,28,30,32). The van der Waals surface area contributed by atoms with Gasteiger partial charge in [-0.05, 0) is 77.7 Å². The molecule has 172 valence electrons. The largest absolute Gasteiger partial charge is 0.495 e. The van der Waals surface area contributed by atoms with Crippen LogP contribution in [-0.2, 0) is 6.18 Å². The molecule has 1 fully saturated rings. The number of carbonyl (C=O) groups excluding carboxylic acids is 1. The maximum atomic E-state index is 13.3. The fourth-order valence-electron chi connectivity index (χ4n) is 3.48. The molecule has 0 aliphatic carbocycles. The van der Waals surface area contributed by atoms with E-state index in [4.69, 9.17) is 17.0 Å². The summed E-state index contributed by atoms with van der Waals surface area (Å²) in [6.07, 6.45) is -1.51. The molecule has 1 saturated heterocycles. The third-order valence-corrected chi connectivity index (χ3v) is 6.20. The molecule has 2 N–H and O–H groups in total. The van der Waals surface area contributed by atoms with Gasteiger partial charge in [-0.15, -0.1) is 0 Å². The van der Waals surface area contributed by atoms with Crippen molar-refractivity contribution < 1.29 is 22.7 Å². The van der Waals surface area contributed by atoms with E-state index >= 15 is 0 Å². The number of alkyl halides is 3. The number of thiocarbonyl (C=S) groups is 1. The molecule has 1 aliphatic rings. The van der Waals surface area contributed by atoms with Crippen LogP contribution in [0.3, 0.4) is 0 Å². The molecular weight excluding hydrogens is 575 g/mol. The van der Waals surface area contributed by atoms with Gasteiger partial charge in [-0.1, -0.05) is 15.9 Å². The Labute approximate surface area is 205 Å². The van der Waals surface area contributed by atoms with E-state index in [1.54, 1.807) is 12.1 Å². The molecule has 0 spiro atoms. The highest BCUT2D eigenvalue weighted by molar-refractivity contribution is 9.11. The van der Waals surface area contributed by atoms with Crippen molar-refractivity contribution in [3.05, 3.63) is 50.4 Å². The minimum absolute atomic E-state index is 0.120. The summed E-state index contributed by atoms with van der Waals surface area (Å²) in [5.74, 6) is -0.255. The summed E-state index contributed by atoms with van der Waals surface area (Å²) in [5.41, 5.74) is 0.206. The second-order valence-corrected chi connectivity index (χ2v) is 9.33. The Morgan fingerprint density at radius 1 is 1.12 bits per heavy atom. The molecule has 0 atom stereocenters.